The summed E-state index contributed by atoms with van der Waals surface area (Å²) in [7, 11) is 2.16. The molecule has 1 aliphatic heterocycles. The minimum absolute atomic E-state index is 0.849. The Morgan fingerprint density at radius 2 is 1.78 bits per heavy atom. The lowest BCUT2D eigenvalue weighted by molar-refractivity contribution is 0.312. The van der Waals surface area contributed by atoms with Crippen molar-refractivity contribution in [3.63, 3.8) is 0 Å². The molecule has 0 saturated carbocycles. The molecule has 0 amide bonds. The van der Waals surface area contributed by atoms with Crippen molar-refractivity contribution < 1.29 is 0 Å². The zero-order chi connectivity index (χ0) is 18.2. The van der Waals surface area contributed by atoms with Crippen LogP contribution in [-0.4, -0.2) is 57.5 Å². The van der Waals surface area contributed by atoms with Gasteiger partial charge in [0.2, 0.25) is 0 Å². The summed E-state index contributed by atoms with van der Waals surface area (Å²) in [6.45, 7) is 4.19. The lowest BCUT2D eigenvalue weighted by Gasteiger charge is -2.33. The topological polar surface area (TPSA) is 49.6 Å². The molecule has 5 rings (SSSR count). The van der Waals surface area contributed by atoms with E-state index in [9.17, 15) is 0 Å². The second kappa shape index (κ2) is 6.75. The number of nitrogens with zero attached hydrogens (tertiary/aromatic N) is 6. The number of hydrogen-bond acceptors (Lipinski definition) is 6. The number of pyridine rings is 1. The summed E-state index contributed by atoms with van der Waals surface area (Å²) in [4.78, 5) is 18.4. The van der Waals surface area contributed by atoms with Gasteiger partial charge in [-0.25, -0.2) is 9.97 Å². The van der Waals surface area contributed by atoms with Gasteiger partial charge >= 0.3 is 0 Å². The molecule has 0 atom stereocenters. The number of piperazine rings is 1. The average Bonchev–Trinajstić information content (AvgIpc) is 3.38. The Bertz CT molecular complexity index is 1050. The number of fused-ring (bicyclic) bond motifs is 1. The maximum absolute atomic E-state index is 4.69. The normalized spacial score (nSPS) is 15.5. The second-order valence-corrected chi connectivity index (χ2v) is 7.63. The molecule has 27 heavy (non-hydrogen) atoms. The van der Waals surface area contributed by atoms with E-state index < -0.39 is 0 Å². The SMILES string of the molecule is CN1CCN(c2ccc(-c3cn4c(-c5ccsc5)cnc4cn3)cn2)CC1. The minimum atomic E-state index is 0.849. The van der Waals surface area contributed by atoms with Crippen molar-refractivity contribution in [2.45, 2.75) is 0 Å². The Morgan fingerprint density at radius 1 is 0.889 bits per heavy atom. The van der Waals surface area contributed by atoms with Crippen molar-refractivity contribution in [2.75, 3.05) is 38.1 Å². The minimum Gasteiger partial charge on any atom is -0.354 e. The third-order valence-electron chi connectivity index (χ3n) is 5.08. The van der Waals surface area contributed by atoms with E-state index in [1.807, 2.05) is 24.8 Å². The Kier molecular flexibility index (Phi) is 4.10. The Balaban J connectivity index is 1.46. The van der Waals surface area contributed by atoms with Crippen LogP contribution >= 0.6 is 11.3 Å². The first-order valence-electron chi connectivity index (χ1n) is 9.03. The van der Waals surface area contributed by atoms with Crippen LogP contribution in [0, 0.1) is 0 Å². The molecule has 0 N–H and O–H groups in total. The molecule has 0 bridgehead atoms. The molecule has 0 aliphatic carbocycles. The fraction of sp³-hybridized carbons (Fsp3) is 0.250. The lowest BCUT2D eigenvalue weighted by Crippen LogP contribution is -2.44. The van der Waals surface area contributed by atoms with Crippen LogP contribution in [-0.2, 0) is 0 Å². The van der Waals surface area contributed by atoms with E-state index in [0.29, 0.717) is 0 Å². The number of aromatic nitrogens is 4. The fourth-order valence-electron chi connectivity index (χ4n) is 3.42. The lowest BCUT2D eigenvalue weighted by atomic mass is 10.2. The van der Waals surface area contributed by atoms with Crippen LogP contribution < -0.4 is 4.90 Å². The van der Waals surface area contributed by atoms with Gasteiger partial charge < -0.3 is 9.80 Å². The van der Waals surface area contributed by atoms with Crippen LogP contribution in [0.1, 0.15) is 0 Å². The van der Waals surface area contributed by atoms with E-state index in [1.165, 1.54) is 5.56 Å². The summed E-state index contributed by atoms with van der Waals surface area (Å²) in [6, 6.07) is 6.32. The predicted molar refractivity (Wildman–Crippen MR) is 109 cm³/mol. The summed E-state index contributed by atoms with van der Waals surface area (Å²) in [6.07, 6.45) is 7.68. The average molecular weight is 376 g/mol. The number of hydrogen-bond donors (Lipinski definition) is 0. The molecular formula is C20H20N6S. The van der Waals surface area contributed by atoms with E-state index in [-0.39, 0.29) is 0 Å². The molecule has 136 valence electrons. The highest BCUT2D eigenvalue weighted by molar-refractivity contribution is 7.08. The van der Waals surface area contributed by atoms with Crippen molar-refractivity contribution in [3.8, 4) is 22.5 Å². The molecule has 1 aliphatic rings. The first kappa shape index (κ1) is 16.4. The van der Waals surface area contributed by atoms with E-state index >= 15 is 0 Å². The maximum atomic E-state index is 4.69. The summed E-state index contributed by atoms with van der Waals surface area (Å²) < 4.78 is 2.10. The van der Waals surface area contributed by atoms with Gasteiger partial charge in [-0.15, -0.1) is 0 Å². The van der Waals surface area contributed by atoms with Gasteiger partial charge in [-0.3, -0.25) is 9.38 Å². The molecule has 5 heterocycles. The predicted octanol–water partition coefficient (Wildman–Crippen LogP) is 3.27. The highest BCUT2D eigenvalue weighted by atomic mass is 32.1. The Hall–Kier alpha value is -2.77. The van der Waals surface area contributed by atoms with Crippen molar-refractivity contribution in [1.82, 2.24) is 24.3 Å². The molecule has 0 unspecified atom stereocenters. The molecule has 1 fully saturated rings. The standard InChI is InChI=1S/C20H20N6S/c1-24-5-7-25(8-6-24)19-3-2-15(10-22-19)17-13-26-18(16-4-9-27-14-16)11-23-20(26)12-21-17/h2-4,9-14H,5-8H2,1H3. The largest absolute Gasteiger partial charge is 0.354 e. The van der Waals surface area contributed by atoms with E-state index in [1.54, 1.807) is 11.3 Å². The third-order valence-corrected chi connectivity index (χ3v) is 5.77. The van der Waals surface area contributed by atoms with Crippen LogP contribution in [0.4, 0.5) is 5.82 Å². The van der Waals surface area contributed by atoms with Crippen molar-refractivity contribution in [2.24, 2.45) is 0 Å². The second-order valence-electron chi connectivity index (χ2n) is 6.85. The monoisotopic (exact) mass is 376 g/mol. The van der Waals surface area contributed by atoms with Crippen molar-refractivity contribution in [3.05, 3.63) is 53.7 Å². The molecule has 4 aromatic rings. The summed E-state index contributed by atoms with van der Waals surface area (Å²) in [5.74, 6) is 1.04. The quantitative estimate of drug-likeness (QED) is 0.549. The molecule has 4 aromatic heterocycles. The Morgan fingerprint density at radius 3 is 2.52 bits per heavy atom. The number of thiophene rings is 1. The fourth-order valence-corrected chi connectivity index (χ4v) is 4.07. The molecule has 1 saturated heterocycles. The van der Waals surface area contributed by atoms with Gasteiger partial charge in [0.1, 0.15) is 5.82 Å². The van der Waals surface area contributed by atoms with Crippen LogP contribution in [0.5, 0.6) is 0 Å². The smallest absolute Gasteiger partial charge is 0.155 e. The molecule has 7 heteroatoms. The third kappa shape index (κ3) is 3.09. The van der Waals surface area contributed by atoms with Gasteiger partial charge in [-0.2, -0.15) is 11.3 Å². The molecule has 0 spiro atoms. The number of imidazole rings is 1. The van der Waals surface area contributed by atoms with Crippen LogP contribution in [0.15, 0.2) is 53.7 Å². The summed E-state index contributed by atoms with van der Waals surface area (Å²) >= 11 is 1.69. The van der Waals surface area contributed by atoms with Gasteiger partial charge in [0.25, 0.3) is 0 Å². The maximum Gasteiger partial charge on any atom is 0.155 e. The highest BCUT2D eigenvalue weighted by Gasteiger charge is 2.15. The number of likely N-dealkylation sites (N-methyl/N-ethyl adjacent to an activating group) is 1. The van der Waals surface area contributed by atoms with Gasteiger partial charge in [-0.1, -0.05) is 0 Å². The highest BCUT2D eigenvalue weighted by Crippen LogP contribution is 2.25. The summed E-state index contributed by atoms with van der Waals surface area (Å²) in [5, 5.41) is 4.22. The van der Waals surface area contributed by atoms with E-state index in [0.717, 1.165) is 54.6 Å². The summed E-state index contributed by atoms with van der Waals surface area (Å²) in [5.41, 5.74) is 5.02. The van der Waals surface area contributed by atoms with Crippen LogP contribution in [0.3, 0.4) is 0 Å². The molecule has 0 aromatic carbocycles. The van der Waals surface area contributed by atoms with Crippen molar-refractivity contribution >= 4 is 22.8 Å². The van der Waals surface area contributed by atoms with Gasteiger partial charge in [0.15, 0.2) is 5.65 Å². The number of rotatable bonds is 3. The molecular weight excluding hydrogens is 356 g/mol. The zero-order valence-corrected chi connectivity index (χ0v) is 15.9. The van der Waals surface area contributed by atoms with Gasteiger partial charge in [0.05, 0.1) is 23.8 Å². The van der Waals surface area contributed by atoms with Crippen LogP contribution in [0.25, 0.3) is 28.2 Å². The van der Waals surface area contributed by atoms with Crippen molar-refractivity contribution in [1.29, 1.82) is 0 Å². The first-order chi connectivity index (χ1) is 13.3. The number of anilines is 1. The Labute approximate surface area is 161 Å². The zero-order valence-electron chi connectivity index (χ0n) is 15.1. The van der Waals surface area contributed by atoms with E-state index in [2.05, 4.69) is 65.2 Å². The first-order valence-corrected chi connectivity index (χ1v) is 9.98. The van der Waals surface area contributed by atoms with Gasteiger partial charge in [0, 0.05) is 55.1 Å². The molecule has 0 radical (unpaired) electrons. The van der Waals surface area contributed by atoms with Gasteiger partial charge in [-0.05, 0) is 30.6 Å². The van der Waals surface area contributed by atoms with Crippen LogP contribution in [0.2, 0.25) is 0 Å². The molecule has 6 nitrogen and oxygen atoms in total. The van der Waals surface area contributed by atoms with E-state index in [4.69, 9.17) is 0 Å².